The molecule has 0 bridgehead atoms. The fourth-order valence-electron chi connectivity index (χ4n) is 1.05. The van der Waals surface area contributed by atoms with Gasteiger partial charge >= 0.3 is 0 Å². The van der Waals surface area contributed by atoms with Gasteiger partial charge in [0, 0.05) is 0 Å². The van der Waals surface area contributed by atoms with Crippen molar-refractivity contribution in [1.29, 1.82) is 0 Å². The molecule has 0 aliphatic carbocycles. The lowest BCUT2D eigenvalue weighted by molar-refractivity contribution is 0.106. The minimum Gasteiger partial charge on any atom is -0.374 e. The molecule has 0 aliphatic rings. The second-order valence-corrected chi connectivity index (χ2v) is 2.73. The zero-order chi connectivity index (χ0) is 8.81. The number of hydrogen-bond donors (Lipinski definition) is 0. The summed E-state index contributed by atoms with van der Waals surface area (Å²) in [5.74, 6) is 0. The summed E-state index contributed by atoms with van der Waals surface area (Å²) in [6, 6.07) is 8.02. The Labute approximate surface area is 72.2 Å². The van der Waals surface area contributed by atoms with E-state index in [4.69, 9.17) is 4.74 Å². The Hall–Kier alpha value is -0.890. The molecule has 0 saturated carbocycles. The Bertz CT molecular complexity index is 235. The van der Waals surface area contributed by atoms with Crippen LogP contribution in [0.5, 0.6) is 0 Å². The summed E-state index contributed by atoms with van der Waals surface area (Å²) in [7, 11) is 0. The fraction of sp³-hybridized carbons (Fsp3) is 0.400. The van der Waals surface area contributed by atoms with E-state index in [2.05, 4.69) is 0 Å². The molecule has 1 rings (SSSR count). The minimum atomic E-state index is -0.411. The third-order valence-electron chi connectivity index (χ3n) is 1.57. The topological polar surface area (TPSA) is 9.23 Å². The summed E-state index contributed by atoms with van der Waals surface area (Å²) in [6.45, 7) is 2.31. The zero-order valence-corrected chi connectivity index (χ0v) is 7.22. The molecule has 0 saturated heterocycles. The Morgan fingerprint density at radius 2 is 2.25 bits per heavy atom. The number of hydrogen-bond acceptors (Lipinski definition) is 1. The van der Waals surface area contributed by atoms with Gasteiger partial charge in [0.2, 0.25) is 0 Å². The number of halogens is 1. The zero-order valence-electron chi connectivity index (χ0n) is 7.22. The summed E-state index contributed by atoms with van der Waals surface area (Å²) in [6.07, 6.45) is 0. The highest BCUT2D eigenvalue weighted by atomic mass is 19.1. The molecule has 0 radical (unpaired) electrons. The molecule has 0 unspecified atom stereocenters. The first kappa shape index (κ1) is 9.20. The molecule has 1 nitrogen and oxygen atoms in total. The molecule has 0 atom stereocenters. The SMILES string of the molecule is Cc1cccc(COCCF)c1. The van der Waals surface area contributed by atoms with Gasteiger partial charge in [0.15, 0.2) is 0 Å². The van der Waals surface area contributed by atoms with Crippen LogP contribution >= 0.6 is 0 Å². The van der Waals surface area contributed by atoms with Crippen LogP contribution in [0.1, 0.15) is 11.1 Å². The van der Waals surface area contributed by atoms with Crippen LogP contribution in [0.25, 0.3) is 0 Å². The van der Waals surface area contributed by atoms with Gasteiger partial charge in [-0.1, -0.05) is 29.8 Å². The highest BCUT2D eigenvalue weighted by molar-refractivity contribution is 5.21. The molecule has 0 amide bonds. The molecule has 2 heteroatoms. The van der Waals surface area contributed by atoms with Gasteiger partial charge in [-0.25, -0.2) is 4.39 Å². The van der Waals surface area contributed by atoms with Crippen LogP contribution in [0.2, 0.25) is 0 Å². The van der Waals surface area contributed by atoms with Crippen LogP contribution in [0.15, 0.2) is 24.3 Å². The standard InChI is InChI=1S/C10H13FO/c1-9-3-2-4-10(7-9)8-12-6-5-11/h2-4,7H,5-6,8H2,1H3. The van der Waals surface area contributed by atoms with Crippen molar-refractivity contribution in [1.82, 2.24) is 0 Å². The summed E-state index contributed by atoms with van der Waals surface area (Å²) in [4.78, 5) is 0. The lowest BCUT2D eigenvalue weighted by atomic mass is 10.1. The summed E-state index contributed by atoms with van der Waals surface area (Å²) >= 11 is 0. The van der Waals surface area contributed by atoms with E-state index in [0.717, 1.165) is 5.56 Å². The van der Waals surface area contributed by atoms with Crippen molar-refractivity contribution in [2.45, 2.75) is 13.5 Å². The molecule has 0 spiro atoms. The van der Waals surface area contributed by atoms with Crippen molar-refractivity contribution in [2.75, 3.05) is 13.3 Å². The molecule has 0 aliphatic heterocycles. The molecule has 0 N–H and O–H groups in total. The van der Waals surface area contributed by atoms with Crippen molar-refractivity contribution in [2.24, 2.45) is 0 Å². The van der Waals surface area contributed by atoms with Crippen LogP contribution in [0.4, 0.5) is 4.39 Å². The van der Waals surface area contributed by atoms with Crippen molar-refractivity contribution >= 4 is 0 Å². The maximum atomic E-state index is 11.7. The largest absolute Gasteiger partial charge is 0.374 e. The van der Waals surface area contributed by atoms with Gasteiger partial charge in [-0.05, 0) is 12.5 Å². The van der Waals surface area contributed by atoms with E-state index >= 15 is 0 Å². The molecular formula is C10H13FO. The maximum Gasteiger partial charge on any atom is 0.113 e. The van der Waals surface area contributed by atoms with Gasteiger partial charge in [0.1, 0.15) is 6.67 Å². The maximum absolute atomic E-state index is 11.7. The highest BCUT2D eigenvalue weighted by Crippen LogP contribution is 2.04. The van der Waals surface area contributed by atoms with Gasteiger partial charge in [-0.2, -0.15) is 0 Å². The Morgan fingerprint density at radius 1 is 1.42 bits per heavy atom. The first-order valence-corrected chi connectivity index (χ1v) is 4.02. The summed E-state index contributed by atoms with van der Waals surface area (Å²) in [5, 5.41) is 0. The molecular weight excluding hydrogens is 155 g/mol. The smallest absolute Gasteiger partial charge is 0.113 e. The van der Waals surface area contributed by atoms with Gasteiger partial charge in [-0.15, -0.1) is 0 Å². The molecule has 0 heterocycles. The van der Waals surface area contributed by atoms with Crippen molar-refractivity contribution in [3.05, 3.63) is 35.4 Å². The fourth-order valence-corrected chi connectivity index (χ4v) is 1.05. The Kier molecular flexibility index (Phi) is 3.74. The first-order chi connectivity index (χ1) is 5.83. The van der Waals surface area contributed by atoms with Gasteiger partial charge in [-0.3, -0.25) is 0 Å². The van der Waals surface area contributed by atoms with Crippen LogP contribution < -0.4 is 0 Å². The highest BCUT2D eigenvalue weighted by Gasteiger charge is 1.92. The second kappa shape index (κ2) is 4.88. The van der Waals surface area contributed by atoms with Crippen LogP contribution in [0.3, 0.4) is 0 Å². The molecule has 1 aromatic rings. The van der Waals surface area contributed by atoms with Crippen molar-refractivity contribution in [3.8, 4) is 0 Å². The second-order valence-electron chi connectivity index (χ2n) is 2.73. The van der Waals surface area contributed by atoms with Crippen molar-refractivity contribution < 1.29 is 9.13 Å². The number of alkyl halides is 1. The molecule has 0 fully saturated rings. The number of rotatable bonds is 4. The van der Waals surface area contributed by atoms with Crippen molar-refractivity contribution in [3.63, 3.8) is 0 Å². The lowest BCUT2D eigenvalue weighted by Crippen LogP contribution is -1.96. The van der Waals surface area contributed by atoms with Gasteiger partial charge in [0.05, 0.1) is 13.2 Å². The molecule has 66 valence electrons. The van der Waals surface area contributed by atoms with Crippen LogP contribution in [-0.4, -0.2) is 13.3 Å². The van der Waals surface area contributed by atoms with E-state index in [1.807, 2.05) is 31.2 Å². The average Bonchev–Trinajstić information content (AvgIpc) is 2.05. The average molecular weight is 168 g/mol. The molecule has 1 aromatic carbocycles. The monoisotopic (exact) mass is 168 g/mol. The number of ether oxygens (including phenoxy) is 1. The van der Waals surface area contributed by atoms with E-state index in [-0.39, 0.29) is 6.61 Å². The minimum absolute atomic E-state index is 0.188. The van der Waals surface area contributed by atoms with E-state index in [1.54, 1.807) is 0 Å². The normalized spacial score (nSPS) is 10.2. The van der Waals surface area contributed by atoms with Crippen LogP contribution in [0, 0.1) is 6.92 Å². The summed E-state index contributed by atoms with van der Waals surface area (Å²) in [5.41, 5.74) is 2.31. The number of benzene rings is 1. The predicted molar refractivity (Wildman–Crippen MR) is 46.8 cm³/mol. The number of aryl methyl sites for hydroxylation is 1. The van der Waals surface area contributed by atoms with E-state index in [0.29, 0.717) is 6.61 Å². The van der Waals surface area contributed by atoms with E-state index in [1.165, 1.54) is 5.56 Å². The van der Waals surface area contributed by atoms with E-state index < -0.39 is 6.67 Å². The molecule has 0 aromatic heterocycles. The summed E-state index contributed by atoms with van der Waals surface area (Å²) < 4.78 is 16.7. The first-order valence-electron chi connectivity index (χ1n) is 4.02. The van der Waals surface area contributed by atoms with Gasteiger partial charge < -0.3 is 4.74 Å². The molecule has 12 heavy (non-hydrogen) atoms. The van der Waals surface area contributed by atoms with E-state index in [9.17, 15) is 4.39 Å². The van der Waals surface area contributed by atoms with Crippen LogP contribution in [-0.2, 0) is 11.3 Å². The Morgan fingerprint density at radius 3 is 2.92 bits per heavy atom. The third-order valence-corrected chi connectivity index (χ3v) is 1.57. The van der Waals surface area contributed by atoms with Gasteiger partial charge in [0.25, 0.3) is 0 Å². The Balaban J connectivity index is 2.41. The third kappa shape index (κ3) is 3.01. The quantitative estimate of drug-likeness (QED) is 0.627. The lowest BCUT2D eigenvalue weighted by Gasteiger charge is -2.02. The predicted octanol–water partition coefficient (Wildman–Crippen LogP) is 2.48.